The van der Waals surface area contributed by atoms with E-state index >= 15 is 0 Å². The van der Waals surface area contributed by atoms with Crippen LogP contribution in [0.25, 0.3) is 16.8 Å². The van der Waals surface area contributed by atoms with Crippen LogP contribution in [0.3, 0.4) is 0 Å². The molecule has 1 aliphatic rings. The lowest BCUT2D eigenvalue weighted by Crippen LogP contribution is -2.40. The van der Waals surface area contributed by atoms with Crippen LogP contribution in [0.1, 0.15) is 36.6 Å². The third kappa shape index (κ3) is 6.26. The maximum absolute atomic E-state index is 14.3. The molecule has 2 heterocycles. The Bertz CT molecular complexity index is 2240. The molecule has 0 aliphatic carbocycles. The average molecular weight is 690 g/mol. The van der Waals surface area contributed by atoms with Crippen molar-refractivity contribution in [3.05, 3.63) is 130 Å². The van der Waals surface area contributed by atoms with E-state index in [1.807, 2.05) is 42.5 Å². The van der Waals surface area contributed by atoms with E-state index in [0.717, 1.165) is 21.9 Å². The SMILES string of the molecule is CCOC(=O)C1=C(C)N=c2sc(=Cc3c(OC)ccc4ccccc34)c(=O)n2C1c1ccc(OCc2ccc(Cl)cc2Cl)c(OC)c1. The predicted molar refractivity (Wildman–Crippen MR) is 185 cm³/mol. The number of methoxy groups -OCH3 is 2. The van der Waals surface area contributed by atoms with Gasteiger partial charge >= 0.3 is 5.97 Å². The van der Waals surface area contributed by atoms with E-state index in [1.54, 1.807) is 57.4 Å². The number of esters is 1. The molecule has 1 unspecified atom stereocenters. The fraction of sp³-hybridized carbons (Fsp3) is 0.194. The summed E-state index contributed by atoms with van der Waals surface area (Å²) in [6.07, 6.45) is 1.82. The molecule has 6 rings (SSSR count). The molecule has 1 aliphatic heterocycles. The van der Waals surface area contributed by atoms with Crippen molar-refractivity contribution in [2.24, 2.45) is 4.99 Å². The van der Waals surface area contributed by atoms with Gasteiger partial charge in [0.2, 0.25) is 0 Å². The Hall–Kier alpha value is -4.57. The lowest BCUT2D eigenvalue weighted by molar-refractivity contribution is -0.139. The van der Waals surface area contributed by atoms with Crippen molar-refractivity contribution in [3.8, 4) is 17.2 Å². The molecular weight excluding hydrogens is 659 g/mol. The molecule has 5 aromatic rings. The summed E-state index contributed by atoms with van der Waals surface area (Å²) in [5.74, 6) is 0.944. The topological polar surface area (TPSA) is 88.4 Å². The minimum absolute atomic E-state index is 0.164. The molecule has 11 heteroatoms. The number of thiazole rings is 1. The Labute approximate surface area is 284 Å². The number of carbonyl (C=O) groups is 1. The maximum Gasteiger partial charge on any atom is 0.338 e. The van der Waals surface area contributed by atoms with Crippen LogP contribution >= 0.6 is 34.5 Å². The molecule has 0 bridgehead atoms. The zero-order valence-electron chi connectivity index (χ0n) is 26.0. The lowest BCUT2D eigenvalue weighted by atomic mass is 9.95. The summed E-state index contributed by atoms with van der Waals surface area (Å²) < 4.78 is 24.9. The molecule has 0 amide bonds. The average Bonchev–Trinajstić information content (AvgIpc) is 3.37. The molecule has 4 aromatic carbocycles. The minimum atomic E-state index is -0.837. The summed E-state index contributed by atoms with van der Waals surface area (Å²) >= 11 is 13.6. The van der Waals surface area contributed by atoms with Crippen molar-refractivity contribution >= 4 is 57.4 Å². The number of fused-ring (bicyclic) bond motifs is 2. The molecule has 0 saturated heterocycles. The minimum Gasteiger partial charge on any atom is -0.496 e. The van der Waals surface area contributed by atoms with Gasteiger partial charge in [-0.25, -0.2) is 9.79 Å². The van der Waals surface area contributed by atoms with Crippen LogP contribution in [0.15, 0.2) is 93.9 Å². The fourth-order valence-electron chi connectivity index (χ4n) is 5.61. The number of carbonyl (C=O) groups excluding carboxylic acids is 1. The molecular formula is C36H30Cl2N2O6S. The van der Waals surface area contributed by atoms with Crippen molar-refractivity contribution in [2.45, 2.75) is 26.5 Å². The monoisotopic (exact) mass is 688 g/mol. The number of nitrogens with zero attached hydrogens (tertiary/aromatic N) is 2. The van der Waals surface area contributed by atoms with Gasteiger partial charge in [0, 0.05) is 21.2 Å². The van der Waals surface area contributed by atoms with Gasteiger partial charge in [-0.2, -0.15) is 0 Å². The van der Waals surface area contributed by atoms with Crippen molar-refractivity contribution in [2.75, 3.05) is 20.8 Å². The van der Waals surface area contributed by atoms with Gasteiger partial charge < -0.3 is 18.9 Å². The molecule has 0 saturated carbocycles. The van der Waals surface area contributed by atoms with Crippen LogP contribution in [0, 0.1) is 0 Å². The molecule has 1 atom stereocenters. The van der Waals surface area contributed by atoms with Crippen LogP contribution < -0.4 is 29.1 Å². The molecule has 0 radical (unpaired) electrons. The highest BCUT2D eigenvalue weighted by molar-refractivity contribution is 7.07. The second kappa shape index (κ2) is 13.7. The van der Waals surface area contributed by atoms with Gasteiger partial charge in [0.1, 0.15) is 12.4 Å². The fourth-order valence-corrected chi connectivity index (χ4v) is 7.10. The van der Waals surface area contributed by atoms with Crippen LogP contribution in [0.2, 0.25) is 10.0 Å². The highest BCUT2D eigenvalue weighted by Crippen LogP contribution is 2.37. The second-order valence-electron chi connectivity index (χ2n) is 10.6. The molecule has 0 spiro atoms. The maximum atomic E-state index is 14.3. The highest BCUT2D eigenvalue weighted by atomic mass is 35.5. The molecule has 0 fully saturated rings. The number of hydrogen-bond donors (Lipinski definition) is 0. The first-order chi connectivity index (χ1) is 22.7. The molecule has 0 N–H and O–H groups in total. The number of aromatic nitrogens is 1. The predicted octanol–water partition coefficient (Wildman–Crippen LogP) is 6.85. The number of rotatable bonds is 9. The smallest absolute Gasteiger partial charge is 0.338 e. The third-order valence-corrected chi connectivity index (χ3v) is 9.41. The van der Waals surface area contributed by atoms with Crippen LogP contribution in [0.4, 0.5) is 0 Å². The van der Waals surface area contributed by atoms with Gasteiger partial charge in [-0.3, -0.25) is 9.36 Å². The summed E-state index contributed by atoms with van der Waals surface area (Å²) in [5, 5.41) is 2.97. The standard InChI is InChI=1S/C36H30Cl2N2O6S/c1-5-45-35(42)32-20(2)39-36-40(34(41)31(47-36)18-26-25-9-7-6-8-21(25)11-14-28(26)43-3)33(32)22-12-15-29(30(16-22)44-4)46-19-23-10-13-24(37)17-27(23)38/h6-18,33H,5,19H2,1-4H3. The van der Waals surface area contributed by atoms with E-state index in [1.165, 1.54) is 23.0 Å². The van der Waals surface area contributed by atoms with Gasteiger partial charge in [0.05, 0.1) is 42.7 Å². The number of hydrogen-bond acceptors (Lipinski definition) is 8. The lowest BCUT2D eigenvalue weighted by Gasteiger charge is -2.25. The summed E-state index contributed by atoms with van der Waals surface area (Å²) in [6.45, 7) is 3.81. The van der Waals surface area contributed by atoms with Crippen LogP contribution in [-0.4, -0.2) is 31.4 Å². The van der Waals surface area contributed by atoms with Gasteiger partial charge in [0.15, 0.2) is 16.3 Å². The summed E-state index contributed by atoms with van der Waals surface area (Å²) in [6, 6.07) is 21.4. The van der Waals surface area contributed by atoms with Gasteiger partial charge in [-0.15, -0.1) is 0 Å². The molecule has 240 valence electrons. The largest absolute Gasteiger partial charge is 0.496 e. The van der Waals surface area contributed by atoms with Crippen LogP contribution in [-0.2, 0) is 16.1 Å². The Morgan fingerprint density at radius 1 is 0.979 bits per heavy atom. The van der Waals surface area contributed by atoms with E-state index in [0.29, 0.717) is 47.9 Å². The zero-order valence-corrected chi connectivity index (χ0v) is 28.3. The first-order valence-electron chi connectivity index (χ1n) is 14.7. The zero-order chi connectivity index (χ0) is 33.2. The summed E-state index contributed by atoms with van der Waals surface area (Å²) in [4.78, 5) is 32.9. The van der Waals surface area contributed by atoms with Crippen LogP contribution in [0.5, 0.6) is 17.2 Å². The van der Waals surface area contributed by atoms with Gasteiger partial charge in [-0.05, 0) is 66.6 Å². The molecule has 47 heavy (non-hydrogen) atoms. The normalized spacial score (nSPS) is 14.5. The Balaban J connectivity index is 1.48. The van der Waals surface area contributed by atoms with Crippen molar-refractivity contribution < 1.29 is 23.7 Å². The van der Waals surface area contributed by atoms with E-state index < -0.39 is 12.0 Å². The quantitative estimate of drug-likeness (QED) is 0.157. The van der Waals surface area contributed by atoms with Gasteiger partial charge in [0.25, 0.3) is 5.56 Å². The molecule has 8 nitrogen and oxygen atoms in total. The third-order valence-electron chi connectivity index (χ3n) is 7.84. The number of allylic oxidation sites excluding steroid dienone is 1. The van der Waals surface area contributed by atoms with Crippen molar-refractivity contribution in [1.29, 1.82) is 0 Å². The first kappa shape index (κ1) is 32.4. The van der Waals surface area contributed by atoms with Crippen molar-refractivity contribution in [1.82, 2.24) is 4.57 Å². The van der Waals surface area contributed by atoms with Crippen molar-refractivity contribution in [3.63, 3.8) is 0 Å². The molecule has 1 aromatic heterocycles. The highest BCUT2D eigenvalue weighted by Gasteiger charge is 2.34. The van der Waals surface area contributed by atoms with Gasteiger partial charge in [-0.1, -0.05) is 77.0 Å². The number of ether oxygens (including phenoxy) is 4. The van der Waals surface area contributed by atoms with E-state index in [-0.39, 0.29) is 24.3 Å². The summed E-state index contributed by atoms with van der Waals surface area (Å²) in [7, 11) is 3.13. The van der Waals surface area contributed by atoms with E-state index in [9.17, 15) is 9.59 Å². The number of halogens is 2. The van der Waals surface area contributed by atoms with E-state index in [2.05, 4.69) is 0 Å². The second-order valence-corrected chi connectivity index (χ2v) is 12.5. The number of benzene rings is 4. The Morgan fingerprint density at radius 2 is 1.74 bits per heavy atom. The first-order valence-corrected chi connectivity index (χ1v) is 16.3. The Kier molecular flexibility index (Phi) is 9.40. The summed E-state index contributed by atoms with van der Waals surface area (Å²) in [5.41, 5.74) is 2.56. The Morgan fingerprint density at radius 3 is 2.49 bits per heavy atom. The van der Waals surface area contributed by atoms with E-state index in [4.69, 9.17) is 47.1 Å².